The number of hydrogen-bond acceptors (Lipinski definition) is 5. The Hall–Kier alpha value is -0.810. The maximum absolute atomic E-state index is 4.82. The van der Waals surface area contributed by atoms with E-state index in [2.05, 4.69) is 25.2 Å². The molecule has 0 aromatic carbocycles. The molecule has 1 aliphatic rings. The normalized spacial score (nSPS) is 19.2. The lowest BCUT2D eigenvalue weighted by Gasteiger charge is -2.10. The highest BCUT2D eigenvalue weighted by atomic mass is 32.2. The number of aryl methyl sites for hydroxylation is 1. The fraction of sp³-hybridized carbons (Fsp3) is 0.571. The highest BCUT2D eigenvalue weighted by Gasteiger charge is 2.22. The molecule has 0 bridgehead atoms. The average molecular weight is 293 g/mol. The van der Waals surface area contributed by atoms with Gasteiger partial charge in [-0.2, -0.15) is 11.8 Å². The van der Waals surface area contributed by atoms with Gasteiger partial charge in [0.05, 0.1) is 10.6 Å². The molecule has 1 atom stereocenters. The van der Waals surface area contributed by atoms with Gasteiger partial charge in [0.25, 0.3) is 0 Å². The molecule has 0 aliphatic carbocycles. The van der Waals surface area contributed by atoms with E-state index in [9.17, 15) is 0 Å². The van der Waals surface area contributed by atoms with Gasteiger partial charge in [-0.3, -0.25) is 0 Å². The van der Waals surface area contributed by atoms with Crippen LogP contribution in [0.25, 0.3) is 10.2 Å². The van der Waals surface area contributed by atoms with Gasteiger partial charge in [-0.25, -0.2) is 9.97 Å². The van der Waals surface area contributed by atoms with E-state index in [1.165, 1.54) is 28.9 Å². The fourth-order valence-corrected chi connectivity index (χ4v) is 4.57. The van der Waals surface area contributed by atoms with Crippen LogP contribution >= 0.6 is 23.1 Å². The van der Waals surface area contributed by atoms with Crippen LogP contribution in [0.3, 0.4) is 0 Å². The molecule has 2 aromatic heterocycles. The summed E-state index contributed by atoms with van der Waals surface area (Å²) < 4.78 is 0. The van der Waals surface area contributed by atoms with Gasteiger partial charge in [-0.1, -0.05) is 6.92 Å². The molecule has 3 nitrogen and oxygen atoms in total. The van der Waals surface area contributed by atoms with Crippen LogP contribution in [0, 0.1) is 0 Å². The van der Waals surface area contributed by atoms with Gasteiger partial charge in [0.1, 0.15) is 16.5 Å². The summed E-state index contributed by atoms with van der Waals surface area (Å²) >= 11 is 3.81. The van der Waals surface area contributed by atoms with Crippen LogP contribution in [-0.4, -0.2) is 22.3 Å². The van der Waals surface area contributed by atoms with Crippen LogP contribution in [-0.2, 0) is 6.42 Å². The molecule has 5 heteroatoms. The number of hydrogen-bond donors (Lipinski definition) is 1. The van der Waals surface area contributed by atoms with Gasteiger partial charge < -0.3 is 5.32 Å². The zero-order valence-corrected chi connectivity index (χ0v) is 13.0. The summed E-state index contributed by atoms with van der Waals surface area (Å²) in [6, 6.07) is 2.24. The average Bonchev–Trinajstić information content (AvgIpc) is 3.07. The van der Waals surface area contributed by atoms with Gasteiger partial charge in [-0.05, 0) is 38.0 Å². The molecule has 1 unspecified atom stereocenters. The molecular weight excluding hydrogens is 274 g/mol. The first kappa shape index (κ1) is 13.2. The maximum atomic E-state index is 4.82. The molecule has 3 rings (SSSR count). The van der Waals surface area contributed by atoms with Crippen molar-refractivity contribution >= 4 is 39.1 Å². The molecule has 102 valence electrons. The quantitative estimate of drug-likeness (QED) is 0.914. The second-order valence-corrected chi connectivity index (χ2v) is 7.17. The Morgan fingerprint density at radius 1 is 1.37 bits per heavy atom. The van der Waals surface area contributed by atoms with Gasteiger partial charge in [0.2, 0.25) is 0 Å². The van der Waals surface area contributed by atoms with E-state index in [0.29, 0.717) is 5.25 Å². The number of thiophene rings is 1. The highest BCUT2D eigenvalue weighted by Crippen LogP contribution is 2.40. The van der Waals surface area contributed by atoms with Crippen molar-refractivity contribution < 1.29 is 0 Å². The molecule has 1 N–H and O–H groups in total. The number of thioether (sulfide) groups is 1. The summed E-state index contributed by atoms with van der Waals surface area (Å²) in [5.41, 5.74) is 0. The van der Waals surface area contributed by atoms with E-state index >= 15 is 0 Å². The van der Waals surface area contributed by atoms with Crippen LogP contribution in [0.4, 0.5) is 5.82 Å². The lowest BCUT2D eigenvalue weighted by atomic mass is 10.2. The molecule has 0 radical (unpaired) electrons. The minimum Gasteiger partial charge on any atom is -0.370 e. The molecule has 0 spiro atoms. The largest absolute Gasteiger partial charge is 0.370 e. The zero-order chi connectivity index (χ0) is 13.2. The molecule has 3 heterocycles. The van der Waals surface area contributed by atoms with Crippen molar-refractivity contribution in [3.8, 4) is 0 Å². The van der Waals surface area contributed by atoms with E-state index in [0.717, 1.165) is 29.4 Å². The van der Waals surface area contributed by atoms with Crippen LogP contribution in [0.1, 0.15) is 42.6 Å². The minimum atomic E-state index is 0.494. The van der Waals surface area contributed by atoms with Gasteiger partial charge in [0, 0.05) is 11.4 Å². The Morgan fingerprint density at radius 3 is 2.95 bits per heavy atom. The predicted octanol–water partition coefficient (Wildman–Crippen LogP) is 4.25. The molecule has 1 aliphatic heterocycles. The molecule has 19 heavy (non-hydrogen) atoms. The molecule has 0 amide bonds. The lowest BCUT2D eigenvalue weighted by molar-refractivity contribution is 0.784. The van der Waals surface area contributed by atoms with Crippen molar-refractivity contribution in [2.24, 2.45) is 0 Å². The van der Waals surface area contributed by atoms with E-state index in [1.54, 1.807) is 0 Å². The summed E-state index contributed by atoms with van der Waals surface area (Å²) in [7, 11) is 0. The number of anilines is 1. The Bertz CT molecular complexity index is 573. The van der Waals surface area contributed by atoms with Gasteiger partial charge in [0.15, 0.2) is 0 Å². The number of rotatable bonds is 4. The third kappa shape index (κ3) is 2.58. The first-order valence-corrected chi connectivity index (χ1v) is 8.84. The second kappa shape index (κ2) is 5.67. The summed E-state index contributed by atoms with van der Waals surface area (Å²) in [6.07, 6.45) is 3.58. The van der Waals surface area contributed by atoms with Crippen molar-refractivity contribution in [2.45, 2.75) is 38.4 Å². The van der Waals surface area contributed by atoms with E-state index < -0.39 is 0 Å². The monoisotopic (exact) mass is 293 g/mol. The molecule has 2 aromatic rings. The second-order valence-electron chi connectivity index (χ2n) is 4.75. The van der Waals surface area contributed by atoms with Crippen molar-refractivity contribution in [1.82, 2.24) is 9.97 Å². The number of fused-ring (bicyclic) bond motifs is 1. The lowest BCUT2D eigenvalue weighted by Crippen LogP contribution is -2.05. The Kier molecular flexibility index (Phi) is 3.93. The summed E-state index contributed by atoms with van der Waals surface area (Å²) in [4.78, 5) is 12.1. The minimum absolute atomic E-state index is 0.494. The zero-order valence-electron chi connectivity index (χ0n) is 11.4. The topological polar surface area (TPSA) is 37.8 Å². The molecular formula is C14H19N3S2. The fourth-order valence-electron chi connectivity index (χ4n) is 2.39. The van der Waals surface area contributed by atoms with Crippen LogP contribution in [0.5, 0.6) is 0 Å². The van der Waals surface area contributed by atoms with Crippen LogP contribution < -0.4 is 5.32 Å². The SMILES string of the molecule is CCNc1nc(C2CCCS2)nc2sc(CC)cc12. The summed E-state index contributed by atoms with van der Waals surface area (Å²) in [6.45, 7) is 5.21. The highest BCUT2D eigenvalue weighted by molar-refractivity contribution is 7.99. The molecule has 1 saturated heterocycles. The summed E-state index contributed by atoms with van der Waals surface area (Å²) in [5, 5.41) is 5.08. The third-order valence-electron chi connectivity index (χ3n) is 3.37. The maximum Gasteiger partial charge on any atom is 0.145 e. The number of nitrogens with zero attached hydrogens (tertiary/aromatic N) is 2. The molecule has 1 fully saturated rings. The van der Waals surface area contributed by atoms with E-state index in [-0.39, 0.29) is 0 Å². The number of nitrogens with one attached hydrogen (secondary N) is 1. The third-order valence-corrected chi connectivity index (χ3v) is 5.92. The van der Waals surface area contributed by atoms with E-state index in [4.69, 9.17) is 9.97 Å². The number of aromatic nitrogens is 2. The van der Waals surface area contributed by atoms with Crippen molar-refractivity contribution in [3.63, 3.8) is 0 Å². The van der Waals surface area contributed by atoms with Crippen molar-refractivity contribution in [2.75, 3.05) is 17.6 Å². The Morgan fingerprint density at radius 2 is 2.26 bits per heavy atom. The smallest absolute Gasteiger partial charge is 0.145 e. The van der Waals surface area contributed by atoms with Gasteiger partial charge in [-0.15, -0.1) is 11.3 Å². The van der Waals surface area contributed by atoms with Crippen molar-refractivity contribution in [3.05, 3.63) is 16.8 Å². The summed E-state index contributed by atoms with van der Waals surface area (Å²) in [5.74, 6) is 3.29. The Labute approximate surface area is 122 Å². The first-order valence-electron chi connectivity index (χ1n) is 6.97. The van der Waals surface area contributed by atoms with E-state index in [1.807, 2.05) is 23.1 Å². The standard InChI is InChI=1S/C14H19N3S2/c1-3-9-8-10-12(15-4-2)16-13(17-14(10)19-9)11-6-5-7-18-11/h8,11H,3-7H2,1-2H3,(H,15,16,17). The first-order chi connectivity index (χ1) is 9.31. The molecule has 0 saturated carbocycles. The van der Waals surface area contributed by atoms with Crippen LogP contribution in [0.15, 0.2) is 6.07 Å². The van der Waals surface area contributed by atoms with Crippen LogP contribution in [0.2, 0.25) is 0 Å². The van der Waals surface area contributed by atoms with Gasteiger partial charge >= 0.3 is 0 Å². The predicted molar refractivity (Wildman–Crippen MR) is 85.4 cm³/mol. The Balaban J connectivity index is 2.08. The van der Waals surface area contributed by atoms with Crippen molar-refractivity contribution in [1.29, 1.82) is 0 Å².